The molecule has 0 radical (unpaired) electrons. The van der Waals surface area contributed by atoms with Crippen molar-refractivity contribution in [3.05, 3.63) is 95.6 Å². The molecule has 0 bridgehead atoms. The summed E-state index contributed by atoms with van der Waals surface area (Å²) in [6, 6.07) is 24.7. The minimum atomic E-state index is -1.02. The Morgan fingerprint density at radius 3 is 2.18 bits per heavy atom. The van der Waals surface area contributed by atoms with Crippen molar-refractivity contribution in [2.45, 2.75) is 25.6 Å². The molecule has 0 unspecified atom stereocenters. The fourth-order valence-electron chi connectivity index (χ4n) is 3.43. The molecule has 3 rings (SSSR count). The molecule has 3 aromatic carbocycles. The fraction of sp³-hybridized carbons (Fsp3) is 0.231. The lowest BCUT2D eigenvalue weighted by Crippen LogP contribution is -2.41. The molecule has 0 fully saturated rings. The first kappa shape index (κ1) is 26.5. The van der Waals surface area contributed by atoms with E-state index in [4.69, 9.17) is 0 Å². The molecule has 0 spiro atoms. The number of carboxylic acids is 1. The Morgan fingerprint density at radius 2 is 1.55 bits per heavy atom. The first-order chi connectivity index (χ1) is 15.6. The number of hydrogen-bond acceptors (Lipinski definition) is 4. The lowest BCUT2D eigenvalue weighted by molar-refractivity contribution is -0.139. The summed E-state index contributed by atoms with van der Waals surface area (Å²) in [5.74, 6) is -0.731. The molecule has 0 aliphatic carbocycles. The standard InChI is InChI=1S/C26H28N2O3S.ClH/c1-32-15-14-24(26(30)31)28-25(29)22-13-12-20(16-23(22)21-10-6-3-7-11-21)18-27-17-19-8-4-2-5-9-19;/h2-13,16,24,27H,14-15,17-18H2,1H3,(H,28,29)(H,30,31);1H/t24-;/m0./s1. The molecule has 0 aliphatic heterocycles. The molecule has 33 heavy (non-hydrogen) atoms. The van der Waals surface area contributed by atoms with Gasteiger partial charge in [0.25, 0.3) is 5.91 Å². The van der Waals surface area contributed by atoms with E-state index in [1.165, 1.54) is 5.56 Å². The largest absolute Gasteiger partial charge is 0.480 e. The van der Waals surface area contributed by atoms with Gasteiger partial charge in [-0.3, -0.25) is 4.79 Å². The van der Waals surface area contributed by atoms with E-state index in [1.54, 1.807) is 17.8 Å². The van der Waals surface area contributed by atoms with Crippen LogP contribution < -0.4 is 10.6 Å². The maximum atomic E-state index is 13.0. The van der Waals surface area contributed by atoms with Gasteiger partial charge in [0, 0.05) is 18.7 Å². The lowest BCUT2D eigenvalue weighted by Gasteiger charge is -2.17. The average Bonchev–Trinajstić information content (AvgIpc) is 2.82. The minimum absolute atomic E-state index is 0. The topological polar surface area (TPSA) is 78.4 Å². The van der Waals surface area contributed by atoms with Crippen molar-refractivity contribution in [1.29, 1.82) is 0 Å². The maximum Gasteiger partial charge on any atom is 0.326 e. The summed E-state index contributed by atoms with van der Waals surface area (Å²) in [5, 5.41) is 15.6. The quantitative estimate of drug-likeness (QED) is 0.357. The van der Waals surface area contributed by atoms with E-state index in [0.717, 1.165) is 23.2 Å². The number of rotatable bonds is 11. The van der Waals surface area contributed by atoms with Gasteiger partial charge in [-0.25, -0.2) is 4.79 Å². The molecule has 1 atom stereocenters. The monoisotopic (exact) mass is 484 g/mol. The molecule has 7 heteroatoms. The average molecular weight is 485 g/mol. The first-order valence-electron chi connectivity index (χ1n) is 10.5. The van der Waals surface area contributed by atoms with Crippen molar-refractivity contribution in [1.82, 2.24) is 10.6 Å². The molecule has 0 heterocycles. The van der Waals surface area contributed by atoms with E-state index in [0.29, 0.717) is 24.3 Å². The highest BCUT2D eigenvalue weighted by molar-refractivity contribution is 7.98. The predicted molar refractivity (Wildman–Crippen MR) is 138 cm³/mol. The Labute approximate surface area is 205 Å². The van der Waals surface area contributed by atoms with Crippen LogP contribution in [0.25, 0.3) is 11.1 Å². The van der Waals surface area contributed by atoms with Gasteiger partial charge in [-0.05, 0) is 52.8 Å². The molecule has 5 nitrogen and oxygen atoms in total. The number of thioether (sulfide) groups is 1. The van der Waals surface area contributed by atoms with Crippen LogP contribution >= 0.6 is 24.2 Å². The summed E-state index contributed by atoms with van der Waals surface area (Å²) in [5.41, 5.74) is 4.43. The molecular weight excluding hydrogens is 456 g/mol. The number of nitrogens with one attached hydrogen (secondary N) is 2. The molecule has 0 saturated carbocycles. The highest BCUT2D eigenvalue weighted by Crippen LogP contribution is 2.25. The third-order valence-corrected chi connectivity index (χ3v) is 5.77. The zero-order valence-corrected chi connectivity index (χ0v) is 20.1. The van der Waals surface area contributed by atoms with Gasteiger partial charge in [-0.1, -0.05) is 66.7 Å². The van der Waals surface area contributed by atoms with E-state index in [-0.39, 0.29) is 18.3 Å². The van der Waals surface area contributed by atoms with Crippen molar-refractivity contribution >= 4 is 36.0 Å². The van der Waals surface area contributed by atoms with Gasteiger partial charge in [-0.2, -0.15) is 11.8 Å². The normalized spacial score (nSPS) is 11.3. The van der Waals surface area contributed by atoms with Crippen molar-refractivity contribution in [2.75, 3.05) is 12.0 Å². The van der Waals surface area contributed by atoms with Crippen molar-refractivity contribution in [2.24, 2.45) is 0 Å². The van der Waals surface area contributed by atoms with Crippen LogP contribution in [-0.4, -0.2) is 35.0 Å². The van der Waals surface area contributed by atoms with Crippen LogP contribution in [0.5, 0.6) is 0 Å². The van der Waals surface area contributed by atoms with Crippen LogP contribution in [0.3, 0.4) is 0 Å². The number of halogens is 1. The molecule has 3 N–H and O–H groups in total. The van der Waals surface area contributed by atoms with Gasteiger partial charge in [0.2, 0.25) is 0 Å². The Hall–Kier alpha value is -2.80. The molecule has 3 aromatic rings. The zero-order valence-electron chi connectivity index (χ0n) is 18.5. The number of benzene rings is 3. The minimum Gasteiger partial charge on any atom is -0.480 e. The van der Waals surface area contributed by atoms with E-state index in [2.05, 4.69) is 22.8 Å². The van der Waals surface area contributed by atoms with E-state index >= 15 is 0 Å². The third kappa shape index (κ3) is 7.93. The van der Waals surface area contributed by atoms with E-state index < -0.39 is 12.0 Å². The van der Waals surface area contributed by atoms with E-state index in [1.807, 2.05) is 66.9 Å². The van der Waals surface area contributed by atoms with Crippen LogP contribution in [0.4, 0.5) is 0 Å². The van der Waals surface area contributed by atoms with Gasteiger partial charge < -0.3 is 15.7 Å². The number of hydrogen-bond donors (Lipinski definition) is 3. The van der Waals surface area contributed by atoms with Crippen LogP contribution in [0.15, 0.2) is 78.9 Å². The first-order valence-corrected chi connectivity index (χ1v) is 11.9. The number of carboxylic acid groups (broad SMARTS) is 1. The van der Waals surface area contributed by atoms with Crippen LogP contribution in [0, 0.1) is 0 Å². The summed E-state index contributed by atoms with van der Waals surface area (Å²) in [6.07, 6.45) is 2.29. The maximum absolute atomic E-state index is 13.0. The molecule has 1 amide bonds. The Kier molecular flexibility index (Phi) is 11.0. The second-order valence-corrected chi connectivity index (χ2v) is 8.47. The van der Waals surface area contributed by atoms with Gasteiger partial charge in [0.05, 0.1) is 0 Å². The summed E-state index contributed by atoms with van der Waals surface area (Å²) in [7, 11) is 0. The van der Waals surface area contributed by atoms with Crippen molar-refractivity contribution < 1.29 is 14.7 Å². The highest BCUT2D eigenvalue weighted by atomic mass is 35.5. The number of aliphatic carboxylic acids is 1. The third-order valence-electron chi connectivity index (χ3n) is 5.13. The predicted octanol–water partition coefficient (Wildman–Crippen LogP) is 5.00. The summed E-state index contributed by atoms with van der Waals surface area (Å²) in [6.45, 7) is 1.40. The second-order valence-electron chi connectivity index (χ2n) is 7.48. The Bertz CT molecular complexity index is 1030. The van der Waals surface area contributed by atoms with Gasteiger partial charge in [0.1, 0.15) is 6.04 Å². The number of amides is 1. The molecular formula is C26H29ClN2O3S. The SMILES string of the molecule is CSCC[C@H](NC(=O)c1ccc(CNCc2ccccc2)cc1-c1ccccc1)C(=O)O.Cl. The molecule has 0 saturated heterocycles. The van der Waals surface area contributed by atoms with Crippen LogP contribution in [0.2, 0.25) is 0 Å². The smallest absolute Gasteiger partial charge is 0.326 e. The van der Waals surface area contributed by atoms with Gasteiger partial charge in [0.15, 0.2) is 0 Å². The Balaban J connectivity index is 0.00000385. The van der Waals surface area contributed by atoms with Gasteiger partial charge in [-0.15, -0.1) is 12.4 Å². The summed E-state index contributed by atoms with van der Waals surface area (Å²) in [4.78, 5) is 24.6. The highest BCUT2D eigenvalue weighted by Gasteiger charge is 2.22. The molecule has 0 aromatic heterocycles. The van der Waals surface area contributed by atoms with Crippen LogP contribution in [0.1, 0.15) is 27.9 Å². The summed E-state index contributed by atoms with van der Waals surface area (Å²) >= 11 is 1.56. The molecule has 174 valence electrons. The van der Waals surface area contributed by atoms with Crippen molar-refractivity contribution in [3.63, 3.8) is 0 Å². The second kappa shape index (κ2) is 13.7. The molecule has 0 aliphatic rings. The fourth-order valence-corrected chi connectivity index (χ4v) is 3.90. The number of carbonyl (C=O) groups is 2. The summed E-state index contributed by atoms with van der Waals surface area (Å²) < 4.78 is 0. The van der Waals surface area contributed by atoms with E-state index in [9.17, 15) is 14.7 Å². The number of carbonyl (C=O) groups excluding carboxylic acids is 1. The lowest BCUT2D eigenvalue weighted by atomic mass is 9.96. The van der Waals surface area contributed by atoms with Crippen molar-refractivity contribution in [3.8, 4) is 11.1 Å². The zero-order chi connectivity index (χ0) is 22.8. The Morgan fingerprint density at radius 1 is 0.909 bits per heavy atom. The van der Waals surface area contributed by atoms with Gasteiger partial charge >= 0.3 is 5.97 Å². The van der Waals surface area contributed by atoms with Crippen LogP contribution in [-0.2, 0) is 17.9 Å².